The number of aromatic nitrogens is 1. The summed E-state index contributed by atoms with van der Waals surface area (Å²) in [7, 11) is 0. The lowest BCUT2D eigenvalue weighted by molar-refractivity contribution is -0.137. The van der Waals surface area contributed by atoms with Gasteiger partial charge in [-0.25, -0.2) is 4.99 Å². The molecule has 4 nitrogen and oxygen atoms in total. The molecule has 1 saturated carbocycles. The van der Waals surface area contributed by atoms with Crippen molar-refractivity contribution >= 4 is 23.0 Å². The summed E-state index contributed by atoms with van der Waals surface area (Å²) in [6.07, 6.45) is 0.0271. The van der Waals surface area contributed by atoms with E-state index < -0.39 is 11.7 Å². The lowest BCUT2D eigenvalue weighted by Crippen LogP contribution is -2.34. The molecule has 1 aromatic carbocycles. The zero-order valence-electron chi connectivity index (χ0n) is 16.4. The number of aliphatic imine (C=N–C) groups is 1. The van der Waals surface area contributed by atoms with E-state index in [1.54, 1.807) is 0 Å². The molecule has 8 heteroatoms. The number of hydrogen-bond donors (Lipinski definition) is 1. The summed E-state index contributed by atoms with van der Waals surface area (Å²) in [6.45, 7) is 2.68. The third kappa shape index (κ3) is 4.46. The Morgan fingerprint density at radius 2 is 2.00 bits per heavy atom. The van der Waals surface area contributed by atoms with Crippen LogP contribution in [0.2, 0.25) is 0 Å². The van der Waals surface area contributed by atoms with Crippen molar-refractivity contribution in [3.05, 3.63) is 64.1 Å². The maximum Gasteiger partial charge on any atom is 0.417 e. The van der Waals surface area contributed by atoms with Crippen LogP contribution in [0.4, 0.5) is 13.2 Å². The van der Waals surface area contributed by atoms with Gasteiger partial charge < -0.3 is 10.1 Å². The van der Waals surface area contributed by atoms with Crippen LogP contribution in [0.15, 0.2) is 46.7 Å². The van der Waals surface area contributed by atoms with E-state index >= 15 is 0 Å². The van der Waals surface area contributed by atoms with Crippen molar-refractivity contribution in [3.63, 3.8) is 0 Å². The second-order valence-corrected chi connectivity index (χ2v) is 7.91. The maximum absolute atomic E-state index is 12.6. The van der Waals surface area contributed by atoms with Gasteiger partial charge in [-0.3, -0.25) is 4.98 Å². The predicted octanol–water partition coefficient (Wildman–Crippen LogP) is 5.70. The van der Waals surface area contributed by atoms with E-state index in [2.05, 4.69) is 15.3 Å². The number of pyridine rings is 1. The Hall–Kier alpha value is -2.54. The molecule has 1 aliphatic carbocycles. The normalized spacial score (nSPS) is 17.3. The van der Waals surface area contributed by atoms with E-state index in [1.807, 2.05) is 25.1 Å². The lowest BCUT2D eigenvalue weighted by Gasteiger charge is -2.30. The fourth-order valence-electron chi connectivity index (χ4n) is 3.47. The molecule has 4 rings (SSSR count). The minimum absolute atomic E-state index is 0.0784. The van der Waals surface area contributed by atoms with Crippen molar-refractivity contribution in [2.75, 3.05) is 6.54 Å². The first-order chi connectivity index (χ1) is 14.3. The van der Waals surface area contributed by atoms with Crippen molar-refractivity contribution in [1.82, 2.24) is 10.3 Å². The molecule has 30 heavy (non-hydrogen) atoms. The van der Waals surface area contributed by atoms with Crippen LogP contribution in [-0.4, -0.2) is 17.2 Å². The molecule has 158 valence electrons. The first kappa shape index (κ1) is 20.7. The summed E-state index contributed by atoms with van der Waals surface area (Å²) < 4.78 is 43.6. The van der Waals surface area contributed by atoms with Crippen LogP contribution in [0.5, 0.6) is 5.75 Å². The van der Waals surface area contributed by atoms with Gasteiger partial charge >= 0.3 is 6.18 Å². The van der Waals surface area contributed by atoms with Gasteiger partial charge in [-0.05, 0) is 61.6 Å². The highest BCUT2D eigenvalue weighted by Crippen LogP contribution is 2.33. The molecule has 0 unspecified atom stereocenters. The summed E-state index contributed by atoms with van der Waals surface area (Å²) >= 11 is 6.43. The Morgan fingerprint density at radius 1 is 1.20 bits per heavy atom. The van der Waals surface area contributed by atoms with Gasteiger partial charge in [-0.1, -0.05) is 18.0 Å². The van der Waals surface area contributed by atoms with Crippen LogP contribution in [0.3, 0.4) is 0 Å². The Labute approximate surface area is 177 Å². The first-order valence-corrected chi connectivity index (χ1v) is 10.2. The van der Waals surface area contributed by atoms with Crippen LogP contribution in [-0.2, 0) is 12.8 Å². The van der Waals surface area contributed by atoms with Gasteiger partial charge in [0, 0.05) is 17.5 Å². The molecule has 1 fully saturated rings. The van der Waals surface area contributed by atoms with Crippen LogP contribution in [0.25, 0.3) is 5.70 Å². The summed E-state index contributed by atoms with van der Waals surface area (Å²) in [6, 6.07) is 7.98. The first-order valence-electron chi connectivity index (χ1n) is 9.78. The average Bonchev–Trinajstić information content (AvgIpc) is 2.65. The molecule has 0 atom stereocenters. The number of rotatable bonds is 5. The second kappa shape index (κ2) is 8.30. The minimum Gasteiger partial charge on any atom is -0.487 e. The van der Waals surface area contributed by atoms with Gasteiger partial charge in [-0.2, -0.15) is 13.2 Å². The van der Waals surface area contributed by atoms with E-state index in [0.717, 1.165) is 34.8 Å². The summed E-state index contributed by atoms with van der Waals surface area (Å²) in [4.78, 5) is 8.42. The highest BCUT2D eigenvalue weighted by molar-refractivity contribution is 6.33. The van der Waals surface area contributed by atoms with Crippen LogP contribution >= 0.6 is 11.6 Å². The molecular weight excluding hydrogens is 415 g/mol. The number of benzene rings is 1. The van der Waals surface area contributed by atoms with Gasteiger partial charge in [-0.15, -0.1) is 0 Å². The van der Waals surface area contributed by atoms with Gasteiger partial charge in [0.2, 0.25) is 0 Å². The molecule has 0 radical (unpaired) electrons. The zero-order chi connectivity index (χ0) is 21.3. The van der Waals surface area contributed by atoms with E-state index in [4.69, 9.17) is 16.3 Å². The SMILES string of the molecule is Cc1cc(C2=C(Cl)N=C(C3CCC3)CN2)ccc1OCc1ccc(C(F)(F)F)cn1. The van der Waals surface area contributed by atoms with Crippen molar-refractivity contribution in [1.29, 1.82) is 0 Å². The van der Waals surface area contributed by atoms with E-state index in [0.29, 0.717) is 29.1 Å². The predicted molar refractivity (Wildman–Crippen MR) is 110 cm³/mol. The van der Waals surface area contributed by atoms with Gasteiger partial charge in [0.25, 0.3) is 0 Å². The highest BCUT2D eigenvalue weighted by atomic mass is 35.5. The van der Waals surface area contributed by atoms with E-state index in [-0.39, 0.29) is 6.61 Å². The number of nitrogens with one attached hydrogen (secondary N) is 1. The molecule has 1 aromatic heterocycles. The zero-order valence-corrected chi connectivity index (χ0v) is 17.1. The molecule has 0 saturated heterocycles. The molecule has 0 bridgehead atoms. The molecule has 2 aliphatic rings. The van der Waals surface area contributed by atoms with Crippen LogP contribution in [0, 0.1) is 12.8 Å². The number of ether oxygens (including phenoxy) is 1. The molecule has 2 aromatic rings. The number of alkyl halides is 3. The Kier molecular flexibility index (Phi) is 5.73. The average molecular weight is 436 g/mol. The fraction of sp³-hybridized carbons (Fsp3) is 0.364. The Morgan fingerprint density at radius 3 is 2.57 bits per heavy atom. The monoisotopic (exact) mass is 435 g/mol. The summed E-state index contributed by atoms with van der Waals surface area (Å²) in [5.41, 5.74) is 3.35. The smallest absolute Gasteiger partial charge is 0.417 e. The molecule has 0 spiro atoms. The largest absolute Gasteiger partial charge is 0.487 e. The lowest BCUT2D eigenvalue weighted by atomic mass is 9.81. The van der Waals surface area contributed by atoms with E-state index in [1.165, 1.54) is 25.3 Å². The Balaban J connectivity index is 1.44. The van der Waals surface area contributed by atoms with E-state index in [9.17, 15) is 13.2 Å². The van der Waals surface area contributed by atoms with Crippen molar-refractivity contribution in [2.45, 2.75) is 39.0 Å². The van der Waals surface area contributed by atoms with Gasteiger partial charge in [0.1, 0.15) is 12.4 Å². The molecule has 2 heterocycles. The number of hydrogen-bond acceptors (Lipinski definition) is 4. The highest BCUT2D eigenvalue weighted by Gasteiger charge is 2.30. The van der Waals surface area contributed by atoms with Crippen LogP contribution in [0.1, 0.15) is 41.6 Å². The minimum atomic E-state index is -4.40. The third-order valence-electron chi connectivity index (χ3n) is 5.46. The number of halogens is 4. The van der Waals surface area contributed by atoms with Crippen molar-refractivity contribution in [2.24, 2.45) is 10.9 Å². The maximum atomic E-state index is 12.6. The quantitative estimate of drug-likeness (QED) is 0.613. The molecule has 1 aliphatic heterocycles. The molecular formula is C22H21ClF3N3O. The third-order valence-corrected chi connectivity index (χ3v) is 5.74. The van der Waals surface area contributed by atoms with Crippen LogP contribution < -0.4 is 10.1 Å². The number of nitrogens with zero attached hydrogens (tertiary/aromatic N) is 2. The Bertz CT molecular complexity index is 996. The van der Waals surface area contributed by atoms with Crippen molar-refractivity contribution in [3.8, 4) is 5.75 Å². The van der Waals surface area contributed by atoms with Gasteiger partial charge in [0.05, 0.1) is 23.5 Å². The summed E-state index contributed by atoms with van der Waals surface area (Å²) in [5.74, 6) is 1.18. The molecule has 0 amide bonds. The topological polar surface area (TPSA) is 46.5 Å². The molecule has 1 N–H and O–H groups in total. The standard InChI is InChI=1S/C22H21ClF3N3O/c1-13-9-15(20-21(23)29-18(11-28-20)14-3-2-4-14)5-8-19(13)30-12-17-7-6-16(10-27-17)22(24,25)26/h5-10,14,28H,2-4,11-12H2,1H3. The van der Waals surface area contributed by atoms with Gasteiger partial charge in [0.15, 0.2) is 5.16 Å². The fourth-order valence-corrected chi connectivity index (χ4v) is 3.75. The summed E-state index contributed by atoms with van der Waals surface area (Å²) in [5, 5.41) is 3.84. The van der Waals surface area contributed by atoms with Crippen molar-refractivity contribution < 1.29 is 17.9 Å². The number of aryl methyl sites for hydroxylation is 1. The second-order valence-electron chi connectivity index (χ2n) is 7.56.